The lowest BCUT2D eigenvalue weighted by Crippen LogP contribution is -2.46. The number of carbonyl (C=O) groups excluding carboxylic acids is 3. The van der Waals surface area contributed by atoms with Crippen molar-refractivity contribution < 1.29 is 42.1 Å². The van der Waals surface area contributed by atoms with Crippen LogP contribution in [0.2, 0.25) is 0 Å². The zero-order chi connectivity index (χ0) is 46.3. The van der Waals surface area contributed by atoms with Crippen LogP contribution in [0.4, 0.5) is 30.2 Å². The Morgan fingerprint density at radius 1 is 1.02 bits per heavy atom. The molecule has 1 atom stereocenters. The van der Waals surface area contributed by atoms with Crippen LogP contribution in [0.5, 0.6) is 11.5 Å². The van der Waals surface area contributed by atoms with Crippen molar-refractivity contribution in [2.24, 2.45) is 0 Å². The fourth-order valence-electron chi connectivity index (χ4n) is 7.51. The van der Waals surface area contributed by atoms with Gasteiger partial charge >= 0.3 is 6.18 Å². The van der Waals surface area contributed by atoms with E-state index in [1.165, 1.54) is 7.11 Å². The third-order valence-electron chi connectivity index (χ3n) is 10.9. The van der Waals surface area contributed by atoms with E-state index in [-0.39, 0.29) is 55.8 Å². The first kappa shape index (κ1) is 47.5. The first-order valence-corrected chi connectivity index (χ1v) is 21.5. The maximum absolute atomic E-state index is 13.4. The van der Waals surface area contributed by atoms with Gasteiger partial charge in [-0.2, -0.15) is 13.2 Å². The average molecular weight is 897 g/mol. The number of rotatable bonds is 19. The molecule has 0 fully saturated rings. The molecule has 7 N–H and O–H groups in total. The molecule has 3 heterocycles. The summed E-state index contributed by atoms with van der Waals surface area (Å²) in [5, 5.41) is 22.0. The standard InChI is InChI=1S/C48H55F3N8O6/c1-58-28-46(62)57-36(29-60)22-33-15-18-38(25-43(33)58)65-30-35-17-14-32(26-55-35)27-56-45(61)13-6-4-3-5-7-20-54-47(63)34-16-19-41(44(23-34)64-2)53-21-9-10-37-24-39-40(52)11-8-12-42(39)59(37)31-48(49,50)51/h8,11-12,14-19,23-26,36,53,60H,3-7,13,20-22,27-31,52H2,1-2H3,(H,54,63)(H,56,61)(H,57,62). The topological polar surface area (TPSA) is 185 Å². The van der Waals surface area contributed by atoms with Gasteiger partial charge in [-0.15, -0.1) is 0 Å². The number of aliphatic hydroxyl groups is 1. The third kappa shape index (κ3) is 13.8. The third-order valence-corrected chi connectivity index (χ3v) is 10.9. The molecular weight excluding hydrogens is 842 g/mol. The van der Waals surface area contributed by atoms with Gasteiger partial charge in [0.2, 0.25) is 11.8 Å². The predicted octanol–water partition coefficient (Wildman–Crippen LogP) is 6.09. The Labute approximate surface area is 376 Å². The van der Waals surface area contributed by atoms with Crippen LogP contribution in [0.15, 0.2) is 79.0 Å². The maximum atomic E-state index is 13.4. The second kappa shape index (κ2) is 22.6. The quantitative estimate of drug-likeness (QED) is 0.0322. The molecule has 1 unspecified atom stereocenters. The molecule has 3 amide bonds. The summed E-state index contributed by atoms with van der Waals surface area (Å²) in [6.07, 6.45) is 2.46. The van der Waals surface area contributed by atoms with Crippen LogP contribution in [-0.4, -0.2) is 85.0 Å². The van der Waals surface area contributed by atoms with Gasteiger partial charge in [0.25, 0.3) is 5.91 Å². The largest absolute Gasteiger partial charge is 0.495 e. The van der Waals surface area contributed by atoms with Gasteiger partial charge in [0.05, 0.1) is 55.4 Å². The first-order valence-electron chi connectivity index (χ1n) is 21.5. The van der Waals surface area contributed by atoms with E-state index in [4.69, 9.17) is 15.2 Å². The number of ether oxygens (including phenoxy) is 2. The van der Waals surface area contributed by atoms with Gasteiger partial charge in [0.15, 0.2) is 0 Å². The van der Waals surface area contributed by atoms with Gasteiger partial charge in [-0.3, -0.25) is 19.4 Å². The van der Waals surface area contributed by atoms with Crippen LogP contribution in [0.3, 0.4) is 0 Å². The Hall–Kier alpha value is -6.93. The molecule has 0 aliphatic carbocycles. The van der Waals surface area contributed by atoms with E-state index in [0.29, 0.717) is 65.3 Å². The molecule has 2 aromatic heterocycles. The number of amides is 3. The van der Waals surface area contributed by atoms with E-state index in [9.17, 15) is 32.7 Å². The highest BCUT2D eigenvalue weighted by atomic mass is 19.4. The van der Waals surface area contributed by atoms with Gasteiger partial charge in [-0.25, -0.2) is 0 Å². The van der Waals surface area contributed by atoms with E-state index in [1.54, 1.807) is 48.7 Å². The molecule has 65 heavy (non-hydrogen) atoms. The highest BCUT2D eigenvalue weighted by molar-refractivity contribution is 5.95. The van der Waals surface area contributed by atoms with E-state index in [1.807, 2.05) is 42.3 Å². The molecule has 1 aliphatic heterocycles. The lowest BCUT2D eigenvalue weighted by atomic mass is 10.0. The van der Waals surface area contributed by atoms with Crippen molar-refractivity contribution in [2.45, 2.75) is 76.9 Å². The lowest BCUT2D eigenvalue weighted by molar-refractivity contribution is -0.140. The summed E-state index contributed by atoms with van der Waals surface area (Å²) in [5.74, 6) is 6.33. The molecule has 5 aromatic rings. The van der Waals surface area contributed by atoms with E-state index < -0.39 is 12.7 Å². The Morgan fingerprint density at radius 3 is 2.60 bits per heavy atom. The van der Waals surface area contributed by atoms with Crippen molar-refractivity contribution >= 4 is 45.7 Å². The van der Waals surface area contributed by atoms with Crippen molar-refractivity contribution in [3.63, 3.8) is 0 Å². The number of benzene rings is 3. The van der Waals surface area contributed by atoms with Gasteiger partial charge in [-0.05, 0) is 84.8 Å². The molecule has 0 bridgehead atoms. The van der Waals surface area contributed by atoms with E-state index >= 15 is 0 Å². The number of unbranched alkanes of at least 4 members (excludes halogenated alkanes) is 4. The molecule has 14 nitrogen and oxygen atoms in total. The summed E-state index contributed by atoms with van der Waals surface area (Å²) in [6, 6.07) is 20.5. The van der Waals surface area contributed by atoms with Gasteiger partial charge in [-0.1, -0.05) is 43.4 Å². The number of carbonyl (C=O) groups is 3. The number of pyridine rings is 1. The van der Waals surface area contributed by atoms with Crippen LogP contribution in [-0.2, 0) is 35.7 Å². The van der Waals surface area contributed by atoms with Crippen LogP contribution in [0, 0.1) is 11.8 Å². The number of methoxy groups -OCH3 is 1. The van der Waals surface area contributed by atoms with E-state index in [0.717, 1.165) is 59.2 Å². The number of alkyl halides is 3. The number of hydrogen-bond acceptors (Lipinski definition) is 10. The molecule has 6 rings (SSSR count). The number of aliphatic hydroxyl groups excluding tert-OH is 1. The highest BCUT2D eigenvalue weighted by Crippen LogP contribution is 2.30. The average Bonchev–Trinajstić information content (AvgIpc) is 3.63. The Kier molecular flexibility index (Phi) is 16.5. The summed E-state index contributed by atoms with van der Waals surface area (Å²) in [4.78, 5) is 43.9. The normalized spacial score (nSPS) is 13.7. The summed E-state index contributed by atoms with van der Waals surface area (Å²) >= 11 is 0. The zero-order valence-corrected chi connectivity index (χ0v) is 36.5. The Bertz CT molecular complexity index is 2500. The second-order valence-corrected chi connectivity index (χ2v) is 15.9. The summed E-state index contributed by atoms with van der Waals surface area (Å²) in [5.41, 5.74) is 11.4. The van der Waals surface area contributed by atoms with Crippen molar-refractivity contribution in [3.8, 4) is 23.3 Å². The van der Waals surface area contributed by atoms with Gasteiger partial charge < -0.3 is 51.0 Å². The number of nitrogens with one attached hydrogen (secondary N) is 4. The molecule has 0 radical (unpaired) electrons. The predicted molar refractivity (Wildman–Crippen MR) is 244 cm³/mol. The number of hydrogen-bond donors (Lipinski definition) is 6. The number of aromatic nitrogens is 2. The van der Waals surface area contributed by atoms with Crippen molar-refractivity contribution in [3.05, 3.63) is 107 Å². The van der Waals surface area contributed by atoms with E-state index in [2.05, 4.69) is 38.1 Å². The smallest absolute Gasteiger partial charge is 0.406 e. The molecule has 0 spiro atoms. The number of nitrogens with two attached hydrogens (primary N) is 1. The van der Waals surface area contributed by atoms with Crippen LogP contribution in [0.25, 0.3) is 10.9 Å². The molecule has 3 aromatic carbocycles. The fourth-order valence-corrected chi connectivity index (χ4v) is 7.51. The number of nitrogens with zero attached hydrogens (tertiary/aromatic N) is 3. The number of likely N-dealkylation sites (N-methyl/N-ethyl adjacent to an activating group) is 1. The monoisotopic (exact) mass is 896 g/mol. The minimum atomic E-state index is -4.44. The van der Waals surface area contributed by atoms with Gasteiger partial charge in [0, 0.05) is 61.1 Å². The Balaban J connectivity index is 0.840. The summed E-state index contributed by atoms with van der Waals surface area (Å²) in [6.45, 7) is 0.0651. The molecule has 344 valence electrons. The SMILES string of the molecule is COc1cc(C(=O)NCCCCCCCC(=O)NCc2ccc(COc3ccc4c(c3)N(C)CC(=O)NC(CO)C4)nc2)ccc1NCC#Cc1cc2c(N)cccc2n1CC(F)(F)F. The first-order chi connectivity index (χ1) is 31.3. The van der Waals surface area contributed by atoms with Crippen LogP contribution >= 0.6 is 0 Å². The number of anilines is 3. The van der Waals surface area contributed by atoms with Crippen LogP contribution in [0.1, 0.15) is 71.4 Å². The highest BCUT2D eigenvalue weighted by Gasteiger charge is 2.30. The second-order valence-electron chi connectivity index (χ2n) is 15.9. The summed E-state index contributed by atoms with van der Waals surface area (Å²) < 4.78 is 52.7. The van der Waals surface area contributed by atoms with Crippen molar-refractivity contribution in [2.75, 3.05) is 56.3 Å². The number of halogens is 3. The minimum absolute atomic E-state index is 0.0313. The number of nitrogen functional groups attached to an aromatic ring is 1. The fraction of sp³-hybridized carbons (Fsp3) is 0.375. The number of fused-ring (bicyclic) bond motifs is 2. The van der Waals surface area contributed by atoms with Crippen molar-refractivity contribution in [1.82, 2.24) is 25.5 Å². The molecular formula is C48H55F3N8O6. The van der Waals surface area contributed by atoms with Crippen LogP contribution < -0.4 is 41.4 Å². The molecule has 0 saturated carbocycles. The minimum Gasteiger partial charge on any atom is -0.495 e. The van der Waals surface area contributed by atoms with Crippen molar-refractivity contribution in [1.29, 1.82) is 0 Å². The Morgan fingerprint density at radius 2 is 1.83 bits per heavy atom. The lowest BCUT2D eigenvalue weighted by Gasteiger charge is -2.28. The molecule has 17 heteroatoms. The van der Waals surface area contributed by atoms with Gasteiger partial charge in [0.1, 0.15) is 24.7 Å². The maximum Gasteiger partial charge on any atom is 0.406 e. The zero-order valence-electron chi connectivity index (χ0n) is 36.5. The summed E-state index contributed by atoms with van der Waals surface area (Å²) in [7, 11) is 3.32. The molecule has 0 saturated heterocycles. The molecule has 1 aliphatic rings.